The standard InChI is InChI=1S/C20H35O3PS/c1-14(2)11-24(12-15(3)4,13-16(5)6)20-17(7)9-10-19(18(20)8)25(21,22)23/h9-10,14-16H,11-13H2,1-8H3. The number of hydrogen-bond donors (Lipinski definition) is 0. The first-order valence-electron chi connectivity index (χ1n) is 9.23. The van der Waals surface area contributed by atoms with Gasteiger partial charge in [-0.05, 0) is 43.2 Å². The fourth-order valence-corrected chi connectivity index (χ4v) is 12.0. The van der Waals surface area contributed by atoms with E-state index >= 15 is 0 Å². The van der Waals surface area contributed by atoms with Crippen LogP contribution >= 0.6 is 7.26 Å². The molecule has 1 rings (SSSR count). The molecule has 0 spiro atoms. The molecule has 0 bridgehead atoms. The number of aryl methyl sites for hydroxylation is 1. The first kappa shape index (κ1) is 22.6. The van der Waals surface area contributed by atoms with Gasteiger partial charge in [-0.15, -0.1) is 0 Å². The maximum absolute atomic E-state index is 11.8. The van der Waals surface area contributed by atoms with Gasteiger partial charge in [-0.2, -0.15) is 0 Å². The third-order valence-corrected chi connectivity index (χ3v) is 11.4. The maximum atomic E-state index is 11.8. The number of benzene rings is 1. The molecule has 0 N–H and O–H groups in total. The van der Waals surface area contributed by atoms with E-state index in [4.69, 9.17) is 0 Å². The molecule has 0 unspecified atom stereocenters. The molecule has 144 valence electrons. The molecule has 5 heteroatoms. The van der Waals surface area contributed by atoms with Crippen LogP contribution in [0.4, 0.5) is 0 Å². The molecule has 0 atom stereocenters. The quantitative estimate of drug-likeness (QED) is 0.475. The Bertz CT molecular complexity index is 665. The van der Waals surface area contributed by atoms with Crippen LogP contribution < -0.4 is 5.30 Å². The molecule has 0 saturated heterocycles. The van der Waals surface area contributed by atoms with Crippen molar-refractivity contribution in [1.29, 1.82) is 0 Å². The lowest BCUT2D eigenvalue weighted by Gasteiger charge is -2.35. The van der Waals surface area contributed by atoms with Gasteiger partial charge < -0.3 is 4.55 Å². The van der Waals surface area contributed by atoms with E-state index in [1.54, 1.807) is 0 Å². The van der Waals surface area contributed by atoms with Crippen molar-refractivity contribution < 1.29 is 13.0 Å². The van der Waals surface area contributed by atoms with Gasteiger partial charge in [0.25, 0.3) is 0 Å². The summed E-state index contributed by atoms with van der Waals surface area (Å²) >= 11 is 0. The zero-order valence-electron chi connectivity index (χ0n) is 17.1. The minimum Gasteiger partial charge on any atom is -0.744 e. The molecule has 0 radical (unpaired) electrons. The lowest BCUT2D eigenvalue weighted by Crippen LogP contribution is -2.31. The Morgan fingerprint density at radius 2 is 1.28 bits per heavy atom. The van der Waals surface area contributed by atoms with Crippen molar-refractivity contribution >= 4 is 22.7 Å². The largest absolute Gasteiger partial charge is 0.744 e. The summed E-state index contributed by atoms with van der Waals surface area (Å²) in [4.78, 5) is -0.0336. The first-order chi connectivity index (χ1) is 11.3. The highest BCUT2D eigenvalue weighted by Crippen LogP contribution is 2.62. The van der Waals surface area contributed by atoms with Gasteiger partial charge in [-0.25, -0.2) is 8.42 Å². The van der Waals surface area contributed by atoms with E-state index in [9.17, 15) is 13.0 Å². The molecule has 0 aliphatic carbocycles. The van der Waals surface area contributed by atoms with Gasteiger partial charge >= 0.3 is 0 Å². The molecule has 0 amide bonds. The van der Waals surface area contributed by atoms with E-state index in [-0.39, 0.29) is 4.90 Å². The second-order valence-corrected chi connectivity index (χ2v) is 13.9. The van der Waals surface area contributed by atoms with Crippen molar-refractivity contribution in [2.24, 2.45) is 17.8 Å². The molecule has 25 heavy (non-hydrogen) atoms. The molecular formula is C20H35O3PS. The third kappa shape index (κ3) is 5.77. The SMILES string of the molecule is Cc1ccc(S(=O)(=O)[O-])c(C)c1[P+](CC(C)C)(CC(C)C)CC(C)C. The molecular weight excluding hydrogens is 351 g/mol. The van der Waals surface area contributed by atoms with E-state index in [1.165, 1.54) is 11.4 Å². The molecule has 0 fully saturated rings. The van der Waals surface area contributed by atoms with E-state index in [0.717, 1.165) is 24.0 Å². The molecule has 0 aliphatic rings. The second kappa shape index (κ2) is 8.50. The Morgan fingerprint density at radius 3 is 1.60 bits per heavy atom. The topological polar surface area (TPSA) is 57.2 Å². The van der Waals surface area contributed by atoms with Crippen molar-refractivity contribution in [2.75, 3.05) is 18.5 Å². The Hall–Kier alpha value is -0.440. The van der Waals surface area contributed by atoms with Gasteiger partial charge in [0.1, 0.15) is 15.4 Å². The predicted octanol–water partition coefficient (Wildman–Crippen LogP) is 4.82. The first-order valence-corrected chi connectivity index (χ1v) is 13.0. The average molecular weight is 387 g/mol. The van der Waals surface area contributed by atoms with Gasteiger partial charge in [0.05, 0.1) is 23.4 Å². The van der Waals surface area contributed by atoms with Crippen molar-refractivity contribution in [2.45, 2.75) is 60.3 Å². The highest BCUT2D eigenvalue weighted by Gasteiger charge is 2.44. The highest BCUT2D eigenvalue weighted by atomic mass is 32.2. The summed E-state index contributed by atoms with van der Waals surface area (Å²) in [7, 11) is -6.04. The molecule has 0 heterocycles. The fraction of sp³-hybridized carbons (Fsp3) is 0.700. The summed E-state index contributed by atoms with van der Waals surface area (Å²) in [5.74, 6) is 1.62. The smallest absolute Gasteiger partial charge is 0.124 e. The van der Waals surface area contributed by atoms with Crippen molar-refractivity contribution in [3.63, 3.8) is 0 Å². The lowest BCUT2D eigenvalue weighted by atomic mass is 10.1. The van der Waals surface area contributed by atoms with Crippen LogP contribution in [0.5, 0.6) is 0 Å². The van der Waals surface area contributed by atoms with Crippen molar-refractivity contribution in [3.8, 4) is 0 Å². The zero-order valence-corrected chi connectivity index (χ0v) is 18.8. The molecule has 1 aromatic rings. The maximum Gasteiger partial charge on any atom is 0.124 e. The second-order valence-electron chi connectivity index (χ2n) is 8.68. The Morgan fingerprint density at radius 1 is 0.880 bits per heavy atom. The van der Waals surface area contributed by atoms with Crippen LogP contribution in [0.25, 0.3) is 0 Å². The lowest BCUT2D eigenvalue weighted by molar-refractivity contribution is 0.462. The van der Waals surface area contributed by atoms with Crippen LogP contribution in [0.15, 0.2) is 17.0 Å². The van der Waals surface area contributed by atoms with E-state index in [0.29, 0.717) is 23.3 Å². The summed E-state index contributed by atoms with van der Waals surface area (Å²) in [6, 6.07) is 3.33. The van der Waals surface area contributed by atoms with Gasteiger partial charge in [-0.1, -0.05) is 47.6 Å². The summed E-state index contributed by atoms with van der Waals surface area (Å²) in [6.45, 7) is 17.4. The highest BCUT2D eigenvalue weighted by molar-refractivity contribution is 7.86. The summed E-state index contributed by atoms with van der Waals surface area (Å²) in [5, 5.41) is 1.19. The predicted molar refractivity (Wildman–Crippen MR) is 110 cm³/mol. The minimum absolute atomic E-state index is 0.0336. The van der Waals surface area contributed by atoms with Crippen molar-refractivity contribution in [1.82, 2.24) is 0 Å². The van der Waals surface area contributed by atoms with E-state index < -0.39 is 17.4 Å². The normalized spacial score (nSPS) is 13.3. The van der Waals surface area contributed by atoms with Crippen LogP contribution in [0.2, 0.25) is 0 Å². The monoisotopic (exact) mass is 386 g/mol. The van der Waals surface area contributed by atoms with Crippen LogP contribution in [0.3, 0.4) is 0 Å². The van der Waals surface area contributed by atoms with E-state index in [2.05, 4.69) is 48.5 Å². The molecule has 0 aromatic heterocycles. The Kier molecular flexibility index (Phi) is 7.68. The van der Waals surface area contributed by atoms with Crippen molar-refractivity contribution in [3.05, 3.63) is 23.3 Å². The molecule has 0 aliphatic heterocycles. The number of rotatable bonds is 8. The molecule has 0 saturated carbocycles. The van der Waals surface area contributed by atoms with Gasteiger partial charge in [0, 0.05) is 12.8 Å². The fourth-order valence-electron chi connectivity index (χ4n) is 4.41. The van der Waals surface area contributed by atoms with Crippen LogP contribution in [0.1, 0.15) is 52.7 Å². The summed E-state index contributed by atoms with van der Waals surface area (Å²) in [6.07, 6.45) is 3.31. The van der Waals surface area contributed by atoms with Gasteiger partial charge in [-0.3, -0.25) is 0 Å². The molecule has 3 nitrogen and oxygen atoms in total. The average Bonchev–Trinajstić information content (AvgIpc) is 2.33. The van der Waals surface area contributed by atoms with Gasteiger partial charge in [0.2, 0.25) is 0 Å². The van der Waals surface area contributed by atoms with Gasteiger partial charge in [0.15, 0.2) is 0 Å². The van der Waals surface area contributed by atoms with Crippen LogP contribution in [0, 0.1) is 31.6 Å². The Balaban J connectivity index is 3.79. The van der Waals surface area contributed by atoms with Crippen LogP contribution in [-0.4, -0.2) is 31.5 Å². The summed E-state index contributed by atoms with van der Waals surface area (Å²) in [5.41, 5.74) is 1.84. The van der Waals surface area contributed by atoms with Crippen LogP contribution in [-0.2, 0) is 10.1 Å². The minimum atomic E-state index is -4.45. The zero-order chi connectivity index (χ0) is 19.6. The third-order valence-electron chi connectivity index (χ3n) is 4.47. The number of hydrogen-bond acceptors (Lipinski definition) is 3. The van der Waals surface area contributed by atoms with E-state index in [1.807, 2.05) is 13.0 Å². The Labute approximate surface area is 155 Å². The summed E-state index contributed by atoms with van der Waals surface area (Å²) < 4.78 is 35.3. The molecule has 1 aromatic carbocycles.